The van der Waals surface area contributed by atoms with Crippen LogP contribution >= 0.6 is 11.6 Å². The molecule has 1 heterocycles. The maximum absolute atomic E-state index is 11.5. The largest absolute Gasteiger partial charge is 0.294 e. The summed E-state index contributed by atoms with van der Waals surface area (Å²) in [6.07, 6.45) is 2.84. The number of halogens is 1. The van der Waals surface area contributed by atoms with Crippen LogP contribution in [0.15, 0.2) is 18.3 Å². The molecule has 0 aliphatic rings. The third kappa shape index (κ3) is 2.82. The zero-order valence-electron chi connectivity index (χ0n) is 7.53. The van der Waals surface area contributed by atoms with Gasteiger partial charge >= 0.3 is 0 Å². The fourth-order valence-electron chi connectivity index (χ4n) is 1.06. The zero-order valence-corrected chi connectivity index (χ0v) is 8.29. The molecule has 0 saturated carbocycles. The first-order valence-electron chi connectivity index (χ1n) is 4.26. The van der Waals surface area contributed by atoms with Crippen LogP contribution in [0.3, 0.4) is 0 Å². The predicted molar refractivity (Wildman–Crippen MR) is 53.0 cm³/mol. The van der Waals surface area contributed by atoms with E-state index in [4.69, 9.17) is 16.9 Å². The van der Waals surface area contributed by atoms with Crippen LogP contribution in [0.1, 0.15) is 29.6 Å². The lowest BCUT2D eigenvalue weighted by Gasteiger charge is -2.00. The number of rotatable bonds is 4. The molecule has 4 heteroatoms. The molecule has 0 saturated heterocycles. The second-order valence-electron chi connectivity index (χ2n) is 2.78. The third-order valence-corrected chi connectivity index (χ3v) is 2.05. The summed E-state index contributed by atoms with van der Waals surface area (Å²) in [7, 11) is 0. The van der Waals surface area contributed by atoms with Crippen LogP contribution in [0.4, 0.5) is 0 Å². The lowest BCUT2D eigenvalue weighted by Crippen LogP contribution is -2.00. The number of Topliss-reactive ketones (excluding diaryl/α,β-unsaturated/α-hetero) is 1. The molecule has 0 N–H and O–H groups in total. The van der Waals surface area contributed by atoms with Crippen LogP contribution in [-0.4, -0.2) is 10.8 Å². The average Bonchev–Trinajstić information content (AvgIpc) is 2.18. The summed E-state index contributed by atoms with van der Waals surface area (Å²) >= 11 is 5.73. The highest BCUT2D eigenvalue weighted by Gasteiger charge is 2.09. The summed E-state index contributed by atoms with van der Waals surface area (Å²) in [6.45, 7) is 0. The van der Waals surface area contributed by atoms with E-state index in [9.17, 15) is 4.79 Å². The maximum atomic E-state index is 11.5. The van der Waals surface area contributed by atoms with E-state index in [1.165, 1.54) is 6.20 Å². The standard InChI is InChI=1S/C10H9ClN2O/c11-10-8(4-3-7-13-10)9(14)5-1-2-6-12/h3-4,7H,1-2,5H2. The molecule has 0 bridgehead atoms. The number of aromatic nitrogens is 1. The highest BCUT2D eigenvalue weighted by Crippen LogP contribution is 2.14. The molecule has 0 radical (unpaired) electrons. The van der Waals surface area contributed by atoms with Gasteiger partial charge in [0.05, 0.1) is 11.6 Å². The van der Waals surface area contributed by atoms with Crippen molar-refractivity contribution < 1.29 is 4.79 Å². The van der Waals surface area contributed by atoms with Crippen molar-refractivity contribution >= 4 is 17.4 Å². The van der Waals surface area contributed by atoms with Crippen LogP contribution in [0.25, 0.3) is 0 Å². The smallest absolute Gasteiger partial charge is 0.166 e. The molecular weight excluding hydrogens is 200 g/mol. The molecular formula is C10H9ClN2O. The fraction of sp³-hybridized carbons (Fsp3) is 0.300. The van der Waals surface area contributed by atoms with Crippen molar-refractivity contribution in [2.24, 2.45) is 0 Å². The topological polar surface area (TPSA) is 53.8 Å². The number of carbonyl (C=O) groups is 1. The van der Waals surface area contributed by atoms with Crippen molar-refractivity contribution in [3.63, 3.8) is 0 Å². The quantitative estimate of drug-likeness (QED) is 0.434. The number of hydrogen-bond donors (Lipinski definition) is 0. The van der Waals surface area contributed by atoms with E-state index in [1.54, 1.807) is 12.1 Å². The van der Waals surface area contributed by atoms with E-state index < -0.39 is 0 Å². The summed E-state index contributed by atoms with van der Waals surface area (Å²) < 4.78 is 0. The van der Waals surface area contributed by atoms with Gasteiger partial charge in [-0.3, -0.25) is 4.79 Å². The summed E-state index contributed by atoms with van der Waals surface area (Å²) in [5.74, 6) is -0.0571. The molecule has 0 atom stereocenters. The van der Waals surface area contributed by atoms with E-state index in [2.05, 4.69) is 4.98 Å². The zero-order chi connectivity index (χ0) is 10.4. The molecule has 1 aromatic heterocycles. The minimum absolute atomic E-state index is 0.0571. The van der Waals surface area contributed by atoms with Gasteiger partial charge in [-0.05, 0) is 18.6 Å². The van der Waals surface area contributed by atoms with Gasteiger partial charge in [0.1, 0.15) is 5.15 Å². The van der Waals surface area contributed by atoms with Gasteiger partial charge in [0.15, 0.2) is 5.78 Å². The van der Waals surface area contributed by atoms with E-state index in [-0.39, 0.29) is 10.9 Å². The summed E-state index contributed by atoms with van der Waals surface area (Å²) in [5.41, 5.74) is 0.437. The molecule has 1 rings (SSSR count). The van der Waals surface area contributed by atoms with Crippen LogP contribution in [0.2, 0.25) is 5.15 Å². The number of nitriles is 1. The van der Waals surface area contributed by atoms with Gasteiger partial charge in [-0.2, -0.15) is 5.26 Å². The number of pyridine rings is 1. The first-order chi connectivity index (χ1) is 6.75. The Morgan fingerprint density at radius 2 is 2.43 bits per heavy atom. The molecule has 0 aliphatic heterocycles. The van der Waals surface area contributed by atoms with Gasteiger partial charge < -0.3 is 0 Å². The number of hydrogen-bond acceptors (Lipinski definition) is 3. The number of carbonyl (C=O) groups excluding carboxylic acids is 1. The van der Waals surface area contributed by atoms with Crippen LogP contribution in [0.5, 0.6) is 0 Å². The molecule has 0 spiro atoms. The Hall–Kier alpha value is -1.40. The second kappa shape index (κ2) is 5.36. The van der Waals surface area contributed by atoms with Crippen molar-refractivity contribution in [1.29, 1.82) is 5.26 Å². The molecule has 0 aliphatic carbocycles. The van der Waals surface area contributed by atoms with Gasteiger partial charge in [0.2, 0.25) is 0 Å². The Kier molecular flexibility index (Phi) is 4.09. The van der Waals surface area contributed by atoms with E-state index in [0.717, 1.165) is 0 Å². The van der Waals surface area contributed by atoms with Crippen molar-refractivity contribution in [2.75, 3.05) is 0 Å². The first kappa shape index (κ1) is 10.7. The van der Waals surface area contributed by atoms with Gasteiger partial charge in [-0.15, -0.1) is 0 Å². The van der Waals surface area contributed by atoms with Crippen LogP contribution in [-0.2, 0) is 0 Å². The van der Waals surface area contributed by atoms with Crippen LogP contribution < -0.4 is 0 Å². The number of nitrogens with zero attached hydrogens (tertiary/aromatic N) is 2. The number of unbranched alkanes of at least 4 members (excludes halogenated alkanes) is 1. The molecule has 14 heavy (non-hydrogen) atoms. The Morgan fingerprint density at radius 3 is 3.07 bits per heavy atom. The first-order valence-corrected chi connectivity index (χ1v) is 4.64. The molecule has 3 nitrogen and oxygen atoms in total. The number of ketones is 1. The van der Waals surface area contributed by atoms with Crippen molar-refractivity contribution in [2.45, 2.75) is 19.3 Å². The molecule has 1 aromatic rings. The Balaban J connectivity index is 2.62. The second-order valence-corrected chi connectivity index (χ2v) is 3.13. The Bertz CT molecular complexity index is 371. The van der Waals surface area contributed by atoms with E-state index in [0.29, 0.717) is 24.8 Å². The van der Waals surface area contributed by atoms with E-state index >= 15 is 0 Å². The van der Waals surface area contributed by atoms with E-state index in [1.807, 2.05) is 6.07 Å². The normalized spacial score (nSPS) is 9.43. The molecule has 0 fully saturated rings. The molecule has 0 aromatic carbocycles. The maximum Gasteiger partial charge on any atom is 0.166 e. The lowest BCUT2D eigenvalue weighted by atomic mass is 10.1. The predicted octanol–water partition coefficient (Wildman–Crippen LogP) is 2.61. The van der Waals surface area contributed by atoms with Gasteiger partial charge in [-0.1, -0.05) is 11.6 Å². The van der Waals surface area contributed by atoms with Gasteiger partial charge in [0.25, 0.3) is 0 Å². The fourth-order valence-corrected chi connectivity index (χ4v) is 1.28. The lowest BCUT2D eigenvalue weighted by molar-refractivity contribution is 0.0980. The highest BCUT2D eigenvalue weighted by atomic mass is 35.5. The van der Waals surface area contributed by atoms with Gasteiger partial charge in [0, 0.05) is 19.0 Å². The molecule has 0 unspecified atom stereocenters. The SMILES string of the molecule is N#CCCCC(=O)c1cccnc1Cl. The van der Waals surface area contributed by atoms with Gasteiger partial charge in [-0.25, -0.2) is 4.98 Å². The van der Waals surface area contributed by atoms with Crippen molar-refractivity contribution in [3.05, 3.63) is 29.0 Å². The minimum Gasteiger partial charge on any atom is -0.294 e. The highest BCUT2D eigenvalue weighted by molar-refractivity contribution is 6.32. The minimum atomic E-state index is -0.0571. The monoisotopic (exact) mass is 208 g/mol. The van der Waals surface area contributed by atoms with Crippen LogP contribution in [0, 0.1) is 11.3 Å². The third-order valence-electron chi connectivity index (χ3n) is 1.75. The van der Waals surface area contributed by atoms with Crippen molar-refractivity contribution in [1.82, 2.24) is 4.98 Å². The Labute approximate surface area is 87.3 Å². The molecule has 72 valence electrons. The van der Waals surface area contributed by atoms with Crippen molar-refractivity contribution in [3.8, 4) is 6.07 Å². The Morgan fingerprint density at radius 1 is 1.64 bits per heavy atom. The average molecular weight is 209 g/mol. The summed E-state index contributed by atoms with van der Waals surface area (Å²) in [4.78, 5) is 15.3. The summed E-state index contributed by atoms with van der Waals surface area (Å²) in [5, 5.41) is 8.54. The molecule has 0 amide bonds. The summed E-state index contributed by atoms with van der Waals surface area (Å²) in [6, 6.07) is 5.30.